The molecule has 1 saturated heterocycles. The lowest BCUT2D eigenvalue weighted by Crippen LogP contribution is -2.62. The first-order valence-electron chi connectivity index (χ1n) is 6.77. The van der Waals surface area contributed by atoms with E-state index < -0.39 is 11.6 Å². The molecular formula is C15H21ClN2O2. The van der Waals surface area contributed by atoms with Crippen LogP contribution < -0.4 is 0 Å². The molecule has 1 aliphatic heterocycles. The van der Waals surface area contributed by atoms with Crippen LogP contribution in [0.4, 0.5) is 0 Å². The van der Waals surface area contributed by atoms with Crippen molar-refractivity contribution in [1.29, 1.82) is 0 Å². The number of β-amino-alcohol motifs (C(OH)–C–C–N with tert-alkyl or cyclic N) is 1. The van der Waals surface area contributed by atoms with Gasteiger partial charge in [-0.2, -0.15) is 0 Å². The van der Waals surface area contributed by atoms with Crippen LogP contribution >= 0.6 is 11.6 Å². The summed E-state index contributed by atoms with van der Waals surface area (Å²) < 4.78 is 0. The van der Waals surface area contributed by atoms with E-state index in [1.807, 2.05) is 44.0 Å². The molecule has 1 amide bonds. The lowest BCUT2D eigenvalue weighted by atomic mass is 9.96. The van der Waals surface area contributed by atoms with Crippen LogP contribution in [-0.4, -0.2) is 53.0 Å². The molecular weight excluding hydrogens is 276 g/mol. The number of hydrogen-bond acceptors (Lipinski definition) is 3. The summed E-state index contributed by atoms with van der Waals surface area (Å²) in [7, 11) is 1.81. The van der Waals surface area contributed by atoms with Gasteiger partial charge in [0.2, 0.25) is 5.91 Å². The monoisotopic (exact) mass is 296 g/mol. The fourth-order valence-electron chi connectivity index (χ4n) is 2.63. The number of aliphatic hydroxyl groups is 1. The predicted octanol–water partition coefficient (Wildman–Crippen LogP) is 1.93. The van der Waals surface area contributed by atoms with Crippen LogP contribution in [-0.2, 0) is 4.79 Å². The average molecular weight is 297 g/mol. The first-order valence-corrected chi connectivity index (χ1v) is 7.15. The third-order valence-electron chi connectivity index (χ3n) is 4.02. The summed E-state index contributed by atoms with van der Waals surface area (Å²) in [5, 5.41) is 10.9. The van der Waals surface area contributed by atoms with E-state index >= 15 is 0 Å². The van der Waals surface area contributed by atoms with E-state index in [-0.39, 0.29) is 5.91 Å². The number of likely N-dealkylation sites (N-methyl/N-ethyl adjacent to an activating group) is 1. The molecule has 1 unspecified atom stereocenters. The molecule has 1 heterocycles. The maximum absolute atomic E-state index is 12.2. The average Bonchev–Trinajstić information content (AvgIpc) is 2.40. The Bertz CT molecular complexity index is 504. The Morgan fingerprint density at radius 1 is 1.35 bits per heavy atom. The largest absolute Gasteiger partial charge is 0.387 e. The summed E-state index contributed by atoms with van der Waals surface area (Å²) in [6.45, 7) is 5.61. The molecule has 0 radical (unpaired) electrons. The van der Waals surface area contributed by atoms with Crippen LogP contribution in [0.5, 0.6) is 0 Å². The number of piperazine rings is 1. The number of rotatable bonds is 3. The SMILES string of the molecule is CN1CCN(CC(O)c2ccccc2Cl)C(C)(C)C1=O. The van der Waals surface area contributed by atoms with Gasteiger partial charge >= 0.3 is 0 Å². The Hall–Kier alpha value is -1.10. The zero-order valence-electron chi connectivity index (χ0n) is 12.1. The number of hydrogen-bond donors (Lipinski definition) is 1. The lowest BCUT2D eigenvalue weighted by molar-refractivity contribution is -0.148. The van der Waals surface area contributed by atoms with E-state index in [0.717, 1.165) is 6.54 Å². The van der Waals surface area contributed by atoms with Crippen molar-refractivity contribution in [2.75, 3.05) is 26.7 Å². The summed E-state index contributed by atoms with van der Waals surface area (Å²) in [4.78, 5) is 16.0. The molecule has 0 spiro atoms. The van der Waals surface area contributed by atoms with Gasteiger partial charge in [-0.05, 0) is 19.9 Å². The number of carbonyl (C=O) groups is 1. The molecule has 1 N–H and O–H groups in total. The van der Waals surface area contributed by atoms with Crippen molar-refractivity contribution in [3.8, 4) is 0 Å². The molecule has 0 saturated carbocycles. The molecule has 110 valence electrons. The maximum atomic E-state index is 12.2. The summed E-state index contributed by atoms with van der Waals surface area (Å²) in [6, 6.07) is 7.27. The number of amides is 1. The number of nitrogens with zero attached hydrogens (tertiary/aromatic N) is 2. The first kappa shape index (κ1) is 15.3. The van der Waals surface area contributed by atoms with E-state index in [4.69, 9.17) is 11.6 Å². The molecule has 0 bridgehead atoms. The molecule has 1 aromatic rings. The molecule has 0 aliphatic carbocycles. The van der Waals surface area contributed by atoms with Gasteiger partial charge in [-0.15, -0.1) is 0 Å². The minimum atomic E-state index is -0.695. The highest BCUT2D eigenvalue weighted by atomic mass is 35.5. The van der Waals surface area contributed by atoms with Crippen LogP contribution in [0.1, 0.15) is 25.5 Å². The Labute approximate surface area is 124 Å². The van der Waals surface area contributed by atoms with Crippen LogP contribution in [0, 0.1) is 0 Å². The minimum absolute atomic E-state index is 0.0788. The first-order chi connectivity index (χ1) is 9.34. The zero-order valence-corrected chi connectivity index (χ0v) is 12.9. The number of aliphatic hydroxyl groups excluding tert-OH is 1. The second-order valence-electron chi connectivity index (χ2n) is 5.77. The Kier molecular flexibility index (Phi) is 4.37. The normalized spacial score (nSPS) is 21.1. The molecule has 4 nitrogen and oxygen atoms in total. The Morgan fingerprint density at radius 3 is 2.65 bits per heavy atom. The smallest absolute Gasteiger partial charge is 0.242 e. The van der Waals surface area contributed by atoms with Crippen molar-refractivity contribution in [1.82, 2.24) is 9.80 Å². The van der Waals surface area contributed by atoms with Crippen molar-refractivity contribution in [3.05, 3.63) is 34.9 Å². The van der Waals surface area contributed by atoms with Crippen LogP contribution in [0.3, 0.4) is 0 Å². The van der Waals surface area contributed by atoms with Gasteiger partial charge in [0.05, 0.1) is 11.6 Å². The number of benzene rings is 1. The molecule has 0 aromatic heterocycles. The highest BCUT2D eigenvalue weighted by molar-refractivity contribution is 6.31. The van der Waals surface area contributed by atoms with Gasteiger partial charge in [-0.25, -0.2) is 0 Å². The number of carbonyl (C=O) groups excluding carboxylic acids is 1. The summed E-state index contributed by atoms with van der Waals surface area (Å²) >= 11 is 6.11. The molecule has 1 aromatic carbocycles. The third-order valence-corrected chi connectivity index (χ3v) is 4.37. The van der Waals surface area contributed by atoms with E-state index in [2.05, 4.69) is 0 Å². The summed E-state index contributed by atoms with van der Waals surface area (Å²) in [5.41, 5.74) is 0.103. The van der Waals surface area contributed by atoms with Gasteiger partial charge in [0.1, 0.15) is 0 Å². The van der Waals surface area contributed by atoms with Gasteiger partial charge in [-0.3, -0.25) is 9.69 Å². The molecule has 5 heteroatoms. The minimum Gasteiger partial charge on any atom is -0.387 e. The Balaban J connectivity index is 2.14. The van der Waals surface area contributed by atoms with Gasteiger partial charge < -0.3 is 10.0 Å². The van der Waals surface area contributed by atoms with Gasteiger partial charge in [0.25, 0.3) is 0 Å². The summed E-state index contributed by atoms with van der Waals surface area (Å²) in [5.74, 6) is 0.0788. The van der Waals surface area contributed by atoms with Gasteiger partial charge in [-0.1, -0.05) is 29.8 Å². The standard InChI is InChI=1S/C15H21ClN2O2/c1-15(2)14(20)17(3)8-9-18(15)10-13(19)11-6-4-5-7-12(11)16/h4-7,13,19H,8-10H2,1-3H3. The zero-order chi connectivity index (χ0) is 14.9. The van der Waals surface area contributed by atoms with Crippen LogP contribution in [0.15, 0.2) is 24.3 Å². The highest BCUT2D eigenvalue weighted by Gasteiger charge is 2.41. The predicted molar refractivity (Wildman–Crippen MR) is 79.7 cm³/mol. The van der Waals surface area contributed by atoms with Crippen molar-refractivity contribution in [2.45, 2.75) is 25.5 Å². The van der Waals surface area contributed by atoms with Gasteiger partial charge in [0, 0.05) is 37.3 Å². The van der Waals surface area contributed by atoms with Crippen LogP contribution in [0.25, 0.3) is 0 Å². The van der Waals surface area contributed by atoms with E-state index in [9.17, 15) is 9.90 Å². The number of halogens is 1. The van der Waals surface area contributed by atoms with Crippen LogP contribution in [0.2, 0.25) is 5.02 Å². The second kappa shape index (κ2) is 5.72. The van der Waals surface area contributed by atoms with Gasteiger partial charge in [0.15, 0.2) is 0 Å². The van der Waals surface area contributed by atoms with Crippen molar-refractivity contribution < 1.29 is 9.90 Å². The summed E-state index contributed by atoms with van der Waals surface area (Å²) in [6.07, 6.45) is -0.695. The molecule has 2 rings (SSSR count). The van der Waals surface area contributed by atoms with Crippen molar-refractivity contribution in [3.63, 3.8) is 0 Å². The lowest BCUT2D eigenvalue weighted by Gasteiger charge is -2.45. The topological polar surface area (TPSA) is 43.8 Å². The van der Waals surface area contributed by atoms with Crippen molar-refractivity contribution in [2.24, 2.45) is 0 Å². The third kappa shape index (κ3) is 2.82. The molecule has 1 fully saturated rings. The molecule has 1 atom stereocenters. The van der Waals surface area contributed by atoms with E-state index in [1.54, 1.807) is 11.0 Å². The maximum Gasteiger partial charge on any atom is 0.242 e. The highest BCUT2D eigenvalue weighted by Crippen LogP contribution is 2.28. The Morgan fingerprint density at radius 2 is 2.00 bits per heavy atom. The van der Waals surface area contributed by atoms with E-state index in [0.29, 0.717) is 23.7 Å². The molecule has 1 aliphatic rings. The second-order valence-corrected chi connectivity index (χ2v) is 6.18. The molecule has 20 heavy (non-hydrogen) atoms. The fraction of sp³-hybridized carbons (Fsp3) is 0.533. The fourth-order valence-corrected chi connectivity index (χ4v) is 2.89. The van der Waals surface area contributed by atoms with Crippen molar-refractivity contribution >= 4 is 17.5 Å². The quantitative estimate of drug-likeness (QED) is 0.927. The van der Waals surface area contributed by atoms with E-state index in [1.165, 1.54) is 0 Å².